The van der Waals surface area contributed by atoms with E-state index in [2.05, 4.69) is 10.6 Å². The van der Waals surface area contributed by atoms with E-state index in [-0.39, 0.29) is 18.4 Å². The van der Waals surface area contributed by atoms with Gasteiger partial charge in [-0.3, -0.25) is 9.59 Å². The Morgan fingerprint density at radius 1 is 0.972 bits per heavy atom. The van der Waals surface area contributed by atoms with Crippen LogP contribution in [0.2, 0.25) is 5.02 Å². The summed E-state index contributed by atoms with van der Waals surface area (Å²) in [6.45, 7) is 1.59. The van der Waals surface area contributed by atoms with Crippen LogP contribution in [0.25, 0.3) is 11.0 Å². The number of aromatic nitrogens is 2. The molecule has 1 aliphatic heterocycles. The lowest BCUT2D eigenvalue weighted by molar-refractivity contribution is -0.116. The van der Waals surface area contributed by atoms with Gasteiger partial charge in [0, 0.05) is 35.3 Å². The zero-order chi connectivity index (χ0) is 24.9. The van der Waals surface area contributed by atoms with Crippen LogP contribution in [0.5, 0.6) is 11.5 Å². The topological polar surface area (TPSA) is 94.5 Å². The van der Waals surface area contributed by atoms with E-state index in [9.17, 15) is 9.59 Å². The fourth-order valence-corrected chi connectivity index (χ4v) is 4.24. The van der Waals surface area contributed by atoms with Gasteiger partial charge in [-0.2, -0.15) is 0 Å². The quantitative estimate of drug-likeness (QED) is 0.345. The molecule has 0 saturated heterocycles. The molecule has 3 aromatic carbocycles. The molecule has 4 aromatic rings. The first-order valence-corrected chi connectivity index (χ1v) is 12.1. The SMILES string of the molecule is O=C(Cn1c(CCCNC(=O)c2ccc(Cl)cc2)nc2ccccc21)Nc1ccc2c(c1)OCCO2. The molecule has 2 amide bonds. The first-order chi connectivity index (χ1) is 17.6. The van der Waals surface area contributed by atoms with Crippen molar-refractivity contribution in [3.63, 3.8) is 0 Å². The van der Waals surface area contributed by atoms with Crippen molar-refractivity contribution in [1.29, 1.82) is 0 Å². The van der Waals surface area contributed by atoms with Gasteiger partial charge in [-0.15, -0.1) is 0 Å². The van der Waals surface area contributed by atoms with Crippen LogP contribution in [-0.2, 0) is 17.8 Å². The lowest BCUT2D eigenvalue weighted by Crippen LogP contribution is -2.25. The number of fused-ring (bicyclic) bond motifs is 2. The lowest BCUT2D eigenvalue weighted by Gasteiger charge is -2.19. The fourth-order valence-electron chi connectivity index (χ4n) is 4.11. The highest BCUT2D eigenvalue weighted by Crippen LogP contribution is 2.32. The van der Waals surface area contributed by atoms with Gasteiger partial charge < -0.3 is 24.7 Å². The van der Waals surface area contributed by atoms with Crippen LogP contribution in [0.1, 0.15) is 22.6 Å². The molecule has 184 valence electrons. The number of nitrogens with zero attached hydrogens (tertiary/aromatic N) is 2. The van der Waals surface area contributed by atoms with Crippen molar-refractivity contribution in [3.05, 3.63) is 83.1 Å². The Hall–Kier alpha value is -4.04. The predicted molar refractivity (Wildman–Crippen MR) is 138 cm³/mol. The number of nitrogens with one attached hydrogen (secondary N) is 2. The molecule has 1 aromatic heterocycles. The van der Waals surface area contributed by atoms with Crippen LogP contribution in [-0.4, -0.2) is 41.1 Å². The van der Waals surface area contributed by atoms with E-state index in [1.807, 2.05) is 28.8 Å². The maximum absolute atomic E-state index is 12.9. The Morgan fingerprint density at radius 3 is 2.58 bits per heavy atom. The van der Waals surface area contributed by atoms with Gasteiger partial charge in [0.2, 0.25) is 5.91 Å². The molecule has 2 N–H and O–H groups in total. The van der Waals surface area contributed by atoms with Crippen LogP contribution in [0.15, 0.2) is 66.7 Å². The summed E-state index contributed by atoms with van der Waals surface area (Å²) < 4.78 is 13.1. The van der Waals surface area contributed by atoms with E-state index in [0.29, 0.717) is 60.4 Å². The van der Waals surface area contributed by atoms with E-state index >= 15 is 0 Å². The number of carbonyl (C=O) groups excluding carboxylic acids is 2. The van der Waals surface area contributed by atoms with Crippen molar-refractivity contribution < 1.29 is 19.1 Å². The normalized spacial score (nSPS) is 12.4. The molecule has 0 aliphatic carbocycles. The molecule has 8 nitrogen and oxygen atoms in total. The highest BCUT2D eigenvalue weighted by Gasteiger charge is 2.16. The van der Waals surface area contributed by atoms with E-state index < -0.39 is 0 Å². The van der Waals surface area contributed by atoms with E-state index in [4.69, 9.17) is 26.1 Å². The van der Waals surface area contributed by atoms with Gasteiger partial charge in [-0.25, -0.2) is 4.98 Å². The number of para-hydroxylation sites is 2. The Kier molecular flexibility index (Phi) is 7.04. The zero-order valence-corrected chi connectivity index (χ0v) is 20.3. The minimum atomic E-state index is -0.174. The molecule has 1 aliphatic rings. The number of imidazole rings is 1. The number of hydrogen-bond donors (Lipinski definition) is 2. The second-order valence-corrected chi connectivity index (χ2v) is 8.81. The van der Waals surface area contributed by atoms with Crippen molar-refractivity contribution in [2.75, 3.05) is 25.1 Å². The van der Waals surface area contributed by atoms with E-state index in [1.165, 1.54) is 0 Å². The van der Waals surface area contributed by atoms with Gasteiger partial charge >= 0.3 is 0 Å². The number of aryl methyl sites for hydroxylation is 1. The van der Waals surface area contributed by atoms with E-state index in [1.54, 1.807) is 42.5 Å². The summed E-state index contributed by atoms with van der Waals surface area (Å²) in [5.41, 5.74) is 2.91. The maximum Gasteiger partial charge on any atom is 0.251 e. The number of hydrogen-bond acceptors (Lipinski definition) is 5. The Bertz CT molecular complexity index is 1400. The Morgan fingerprint density at radius 2 is 1.75 bits per heavy atom. The largest absolute Gasteiger partial charge is 0.486 e. The molecule has 0 bridgehead atoms. The number of rotatable bonds is 8. The standard InChI is InChI=1S/C27H25ClN4O4/c28-19-9-7-18(8-10-19)27(34)29-13-3-6-25-31-21-4-1-2-5-22(21)32(25)17-26(33)30-20-11-12-23-24(16-20)36-15-14-35-23/h1-2,4-5,7-12,16H,3,6,13-15,17H2,(H,29,34)(H,30,33). The van der Waals surface area contributed by atoms with E-state index in [0.717, 1.165) is 16.9 Å². The lowest BCUT2D eigenvalue weighted by atomic mass is 10.2. The van der Waals surface area contributed by atoms with Gasteiger partial charge in [0.15, 0.2) is 11.5 Å². The van der Waals surface area contributed by atoms with Gasteiger partial charge in [0.1, 0.15) is 25.6 Å². The molecule has 0 saturated carbocycles. The molecule has 0 spiro atoms. The molecule has 0 radical (unpaired) electrons. The van der Waals surface area contributed by atoms with Crippen molar-refractivity contribution in [2.24, 2.45) is 0 Å². The second kappa shape index (κ2) is 10.7. The minimum absolute atomic E-state index is 0.113. The van der Waals surface area contributed by atoms with Crippen molar-refractivity contribution in [2.45, 2.75) is 19.4 Å². The minimum Gasteiger partial charge on any atom is -0.486 e. The van der Waals surface area contributed by atoms with Crippen molar-refractivity contribution in [3.8, 4) is 11.5 Å². The smallest absolute Gasteiger partial charge is 0.251 e. The van der Waals surface area contributed by atoms with Crippen LogP contribution in [0.4, 0.5) is 5.69 Å². The molecule has 0 atom stereocenters. The average molecular weight is 505 g/mol. The Balaban J connectivity index is 1.23. The summed E-state index contributed by atoms with van der Waals surface area (Å²) in [4.78, 5) is 30.0. The third-order valence-corrected chi connectivity index (χ3v) is 6.08. The summed E-state index contributed by atoms with van der Waals surface area (Å²) in [7, 11) is 0. The number of ether oxygens (including phenoxy) is 2. The molecule has 5 rings (SSSR count). The van der Waals surface area contributed by atoms with Gasteiger partial charge in [0.25, 0.3) is 5.91 Å². The van der Waals surface area contributed by atoms with Gasteiger partial charge in [-0.1, -0.05) is 23.7 Å². The molecular weight excluding hydrogens is 480 g/mol. The first-order valence-electron chi connectivity index (χ1n) is 11.7. The summed E-state index contributed by atoms with van der Waals surface area (Å²) >= 11 is 5.89. The maximum atomic E-state index is 12.9. The van der Waals surface area contributed by atoms with Gasteiger partial charge in [0.05, 0.1) is 11.0 Å². The molecule has 9 heteroatoms. The highest BCUT2D eigenvalue weighted by atomic mass is 35.5. The van der Waals surface area contributed by atoms with Crippen LogP contribution >= 0.6 is 11.6 Å². The van der Waals surface area contributed by atoms with Crippen LogP contribution in [0.3, 0.4) is 0 Å². The summed E-state index contributed by atoms with van der Waals surface area (Å²) in [6.07, 6.45) is 1.28. The third-order valence-electron chi connectivity index (χ3n) is 5.83. The molecule has 2 heterocycles. The van der Waals surface area contributed by atoms with Gasteiger partial charge in [-0.05, 0) is 55.0 Å². The highest BCUT2D eigenvalue weighted by molar-refractivity contribution is 6.30. The number of carbonyl (C=O) groups is 2. The summed E-state index contributed by atoms with van der Waals surface area (Å²) in [5, 5.41) is 6.44. The fraction of sp³-hybridized carbons (Fsp3) is 0.222. The third kappa shape index (κ3) is 5.44. The molecular formula is C27H25ClN4O4. The number of amides is 2. The van der Waals surface area contributed by atoms with Crippen LogP contribution in [0, 0.1) is 0 Å². The summed E-state index contributed by atoms with van der Waals surface area (Å²) in [6, 6.07) is 19.8. The first kappa shape index (κ1) is 23.7. The molecule has 0 fully saturated rings. The summed E-state index contributed by atoms with van der Waals surface area (Å²) in [5.74, 6) is 1.75. The van der Waals surface area contributed by atoms with Crippen molar-refractivity contribution in [1.82, 2.24) is 14.9 Å². The number of anilines is 1. The monoisotopic (exact) mass is 504 g/mol. The Labute approximate surface area is 213 Å². The molecule has 36 heavy (non-hydrogen) atoms. The van der Waals surface area contributed by atoms with Crippen LogP contribution < -0.4 is 20.1 Å². The van der Waals surface area contributed by atoms with Crippen molar-refractivity contribution >= 4 is 40.1 Å². The average Bonchev–Trinajstić information content (AvgIpc) is 3.23. The zero-order valence-electron chi connectivity index (χ0n) is 19.5. The number of halogens is 1. The second-order valence-electron chi connectivity index (χ2n) is 8.38. The predicted octanol–water partition coefficient (Wildman–Crippen LogP) is 4.46. The number of benzene rings is 3. The molecule has 0 unspecified atom stereocenters.